The molecular weight excluding hydrogens is 467 g/mol. The molecule has 0 aliphatic heterocycles. The van der Waals surface area contributed by atoms with E-state index in [1.165, 1.54) is 0 Å². The fraction of sp³-hybridized carbons (Fsp3) is 0.0714. The van der Waals surface area contributed by atoms with Crippen LogP contribution in [0.5, 0.6) is 5.75 Å². The van der Waals surface area contributed by atoms with Crippen molar-refractivity contribution < 1.29 is 9.53 Å². The quantitative estimate of drug-likeness (QED) is 0.225. The summed E-state index contributed by atoms with van der Waals surface area (Å²) >= 11 is 12.3. The van der Waals surface area contributed by atoms with E-state index >= 15 is 0 Å². The van der Waals surface area contributed by atoms with E-state index in [0.717, 1.165) is 21.9 Å². The molecule has 4 rings (SSSR count). The highest BCUT2D eigenvalue weighted by molar-refractivity contribution is 6.31. The third-order valence-corrected chi connectivity index (χ3v) is 5.94. The molecule has 0 saturated heterocycles. The molecule has 1 N–H and O–H groups in total. The fourth-order valence-corrected chi connectivity index (χ4v) is 3.89. The largest absolute Gasteiger partial charge is 0.488 e. The van der Waals surface area contributed by atoms with E-state index in [9.17, 15) is 10.1 Å². The third-order valence-electron chi connectivity index (χ3n) is 5.30. The van der Waals surface area contributed by atoms with Crippen molar-refractivity contribution in [1.82, 2.24) is 0 Å². The van der Waals surface area contributed by atoms with Gasteiger partial charge in [0.15, 0.2) is 0 Å². The molecule has 4 aromatic rings. The Morgan fingerprint density at radius 1 is 1.03 bits per heavy atom. The summed E-state index contributed by atoms with van der Waals surface area (Å²) in [7, 11) is 0. The van der Waals surface area contributed by atoms with E-state index in [-0.39, 0.29) is 12.2 Å². The first-order chi connectivity index (χ1) is 16.4. The molecule has 168 valence electrons. The van der Waals surface area contributed by atoms with Gasteiger partial charge in [-0.25, -0.2) is 0 Å². The summed E-state index contributed by atoms with van der Waals surface area (Å²) in [4.78, 5) is 12.9. The van der Waals surface area contributed by atoms with E-state index in [0.29, 0.717) is 27.0 Å². The van der Waals surface area contributed by atoms with Crippen molar-refractivity contribution >= 4 is 51.6 Å². The molecule has 0 radical (unpaired) electrons. The van der Waals surface area contributed by atoms with Crippen LogP contribution in [0.1, 0.15) is 16.7 Å². The van der Waals surface area contributed by atoms with Gasteiger partial charge in [0.2, 0.25) is 0 Å². The summed E-state index contributed by atoms with van der Waals surface area (Å²) in [5, 5.41) is 15.5. The maximum Gasteiger partial charge on any atom is 0.266 e. The number of rotatable bonds is 6. The average Bonchev–Trinajstić information content (AvgIpc) is 2.83. The number of nitriles is 1. The lowest BCUT2D eigenvalue weighted by atomic mass is 10.0. The zero-order valence-corrected chi connectivity index (χ0v) is 19.8. The van der Waals surface area contributed by atoms with E-state index in [4.69, 9.17) is 27.9 Å². The van der Waals surface area contributed by atoms with E-state index in [1.807, 2.05) is 67.6 Å². The van der Waals surface area contributed by atoms with Gasteiger partial charge in [-0.3, -0.25) is 4.79 Å². The molecular formula is C28H20Cl2N2O2. The van der Waals surface area contributed by atoms with Crippen molar-refractivity contribution in [1.29, 1.82) is 5.26 Å². The van der Waals surface area contributed by atoms with Gasteiger partial charge in [-0.15, -0.1) is 0 Å². The van der Waals surface area contributed by atoms with E-state index in [1.54, 1.807) is 30.3 Å². The minimum Gasteiger partial charge on any atom is -0.488 e. The topological polar surface area (TPSA) is 62.1 Å². The van der Waals surface area contributed by atoms with Crippen molar-refractivity contribution in [3.8, 4) is 11.8 Å². The molecule has 34 heavy (non-hydrogen) atoms. The normalized spacial score (nSPS) is 11.2. The maximum absolute atomic E-state index is 12.9. The Balaban J connectivity index is 1.69. The molecule has 0 fully saturated rings. The fourth-order valence-electron chi connectivity index (χ4n) is 3.50. The third kappa shape index (κ3) is 5.40. The number of ether oxygens (including phenoxy) is 1. The van der Waals surface area contributed by atoms with Crippen molar-refractivity contribution in [2.24, 2.45) is 0 Å². The van der Waals surface area contributed by atoms with Gasteiger partial charge < -0.3 is 10.1 Å². The van der Waals surface area contributed by atoms with Crippen LogP contribution in [0.25, 0.3) is 16.8 Å². The Hall–Kier alpha value is -3.78. The highest BCUT2D eigenvalue weighted by atomic mass is 35.5. The van der Waals surface area contributed by atoms with Gasteiger partial charge >= 0.3 is 0 Å². The zero-order chi connectivity index (χ0) is 24.1. The lowest BCUT2D eigenvalue weighted by Gasteiger charge is -2.13. The standard InChI is InChI=1S/C28H20Cl2N2O2/c1-18-9-11-23(15-26(18)30)32-28(33)21(16-31)14-25-24-8-3-2-6-20(24)10-12-27(25)34-17-19-5-4-7-22(29)13-19/h2-15H,17H2,1H3,(H,32,33)/b21-14+. The van der Waals surface area contributed by atoms with Crippen LogP contribution in [0.3, 0.4) is 0 Å². The number of halogens is 2. The summed E-state index contributed by atoms with van der Waals surface area (Å²) in [6.07, 6.45) is 1.56. The van der Waals surface area contributed by atoms with Crippen LogP contribution in [0, 0.1) is 18.3 Å². The summed E-state index contributed by atoms with van der Waals surface area (Å²) in [5.74, 6) is 0.0220. The number of fused-ring (bicyclic) bond motifs is 1. The molecule has 0 aliphatic carbocycles. The second-order valence-corrected chi connectivity index (χ2v) is 8.55. The lowest BCUT2D eigenvalue weighted by molar-refractivity contribution is -0.112. The highest BCUT2D eigenvalue weighted by Gasteiger charge is 2.14. The second kappa shape index (κ2) is 10.4. The van der Waals surface area contributed by atoms with Gasteiger partial charge in [-0.05, 0) is 65.2 Å². The molecule has 6 heteroatoms. The van der Waals surface area contributed by atoms with Gasteiger partial charge in [0.25, 0.3) is 5.91 Å². The Labute approximate surface area is 208 Å². The molecule has 0 saturated carbocycles. The molecule has 1 amide bonds. The van der Waals surface area contributed by atoms with Crippen molar-refractivity contribution in [3.05, 3.63) is 111 Å². The highest BCUT2D eigenvalue weighted by Crippen LogP contribution is 2.31. The molecule has 4 nitrogen and oxygen atoms in total. The Kier molecular flexibility index (Phi) is 7.18. The molecule has 4 aromatic carbocycles. The maximum atomic E-state index is 12.9. The van der Waals surface area contributed by atoms with Crippen LogP contribution in [0.4, 0.5) is 5.69 Å². The zero-order valence-electron chi connectivity index (χ0n) is 18.3. The summed E-state index contributed by atoms with van der Waals surface area (Å²) in [6, 6.07) is 26.1. The van der Waals surface area contributed by atoms with Gasteiger partial charge in [0.05, 0.1) is 0 Å². The Morgan fingerprint density at radius 2 is 1.85 bits per heavy atom. The minimum absolute atomic E-state index is 0.0549. The summed E-state index contributed by atoms with van der Waals surface area (Å²) < 4.78 is 6.10. The van der Waals surface area contributed by atoms with Crippen molar-refractivity contribution in [3.63, 3.8) is 0 Å². The number of amides is 1. The molecule has 0 aliphatic rings. The average molecular weight is 487 g/mol. The molecule has 0 atom stereocenters. The molecule has 0 unspecified atom stereocenters. The first-order valence-electron chi connectivity index (χ1n) is 10.5. The van der Waals surface area contributed by atoms with Crippen LogP contribution in [-0.4, -0.2) is 5.91 Å². The monoisotopic (exact) mass is 486 g/mol. The first-order valence-corrected chi connectivity index (χ1v) is 11.3. The van der Waals surface area contributed by atoms with E-state index in [2.05, 4.69) is 5.32 Å². The van der Waals surface area contributed by atoms with Crippen molar-refractivity contribution in [2.75, 3.05) is 5.32 Å². The number of aryl methyl sites for hydroxylation is 1. The summed E-state index contributed by atoms with van der Waals surface area (Å²) in [6.45, 7) is 2.16. The van der Waals surface area contributed by atoms with Crippen LogP contribution in [0.2, 0.25) is 10.0 Å². The number of hydrogen-bond acceptors (Lipinski definition) is 3. The predicted octanol–water partition coefficient (Wildman–Crippen LogP) is 7.58. The molecule has 0 aromatic heterocycles. The minimum atomic E-state index is -0.531. The lowest BCUT2D eigenvalue weighted by Crippen LogP contribution is -2.13. The number of carbonyl (C=O) groups excluding carboxylic acids is 1. The number of benzene rings is 4. The number of hydrogen-bond donors (Lipinski definition) is 1. The first kappa shape index (κ1) is 23.4. The van der Waals surface area contributed by atoms with Gasteiger partial charge in [-0.2, -0.15) is 5.26 Å². The number of nitrogens with zero attached hydrogens (tertiary/aromatic N) is 1. The molecule has 0 heterocycles. The number of nitrogens with one attached hydrogen (secondary N) is 1. The van der Waals surface area contributed by atoms with Crippen LogP contribution in [-0.2, 0) is 11.4 Å². The van der Waals surface area contributed by atoms with Gasteiger partial charge in [0, 0.05) is 21.3 Å². The predicted molar refractivity (Wildman–Crippen MR) is 138 cm³/mol. The Bertz CT molecular complexity index is 1450. The van der Waals surface area contributed by atoms with Crippen LogP contribution >= 0.6 is 23.2 Å². The molecule has 0 bridgehead atoms. The number of anilines is 1. The smallest absolute Gasteiger partial charge is 0.266 e. The SMILES string of the molecule is Cc1ccc(NC(=O)/C(C#N)=C/c2c(OCc3cccc(Cl)c3)ccc3ccccc23)cc1Cl. The Morgan fingerprint density at radius 3 is 2.62 bits per heavy atom. The van der Waals surface area contributed by atoms with Crippen molar-refractivity contribution in [2.45, 2.75) is 13.5 Å². The van der Waals surface area contributed by atoms with E-state index < -0.39 is 5.91 Å². The second-order valence-electron chi connectivity index (χ2n) is 7.71. The number of carbonyl (C=O) groups is 1. The van der Waals surface area contributed by atoms with Gasteiger partial charge in [-0.1, -0.05) is 71.7 Å². The molecule has 0 spiro atoms. The van der Waals surface area contributed by atoms with Crippen LogP contribution < -0.4 is 10.1 Å². The summed E-state index contributed by atoms with van der Waals surface area (Å²) in [5.41, 5.74) is 2.91. The van der Waals surface area contributed by atoms with Gasteiger partial charge in [0.1, 0.15) is 24.0 Å². The van der Waals surface area contributed by atoms with Crippen LogP contribution in [0.15, 0.2) is 84.4 Å².